The number of aromatic nitrogens is 5. The number of rotatable bonds is 4. The number of alkyl halides is 3. The van der Waals surface area contributed by atoms with Gasteiger partial charge in [0.15, 0.2) is 18.6 Å². The number of hydrogen-bond donors (Lipinski definition) is 1. The Morgan fingerprint density at radius 1 is 1.11 bits per heavy atom. The van der Waals surface area contributed by atoms with Crippen LogP contribution in [0.4, 0.5) is 13.2 Å². The normalized spacial score (nSPS) is 10.8. The summed E-state index contributed by atoms with van der Waals surface area (Å²) in [7, 11) is 0. The maximum Gasteiger partial charge on any atom is 0.430 e. The van der Waals surface area contributed by atoms with E-state index in [-0.39, 0.29) is 6.42 Å². The van der Waals surface area contributed by atoms with Crippen molar-refractivity contribution in [1.82, 2.24) is 20.3 Å². The summed E-state index contributed by atoms with van der Waals surface area (Å²) >= 11 is 0. The second-order valence-corrected chi connectivity index (χ2v) is 5.23. The van der Waals surface area contributed by atoms with Gasteiger partial charge < -0.3 is 15.0 Å². The third-order valence-corrected chi connectivity index (χ3v) is 3.18. The molecule has 2 aromatic heterocycles. The number of hydrogen-bond acceptors (Lipinski definition) is 7. The maximum atomic E-state index is 10.5. The molecule has 3 rings (SSSR count). The number of nitrogens with zero attached hydrogens (tertiary/aromatic N) is 5. The Morgan fingerprint density at radius 3 is 2.29 bits per heavy atom. The van der Waals surface area contributed by atoms with Crippen LogP contribution in [-0.4, -0.2) is 43.5 Å². The Labute approximate surface area is 155 Å². The minimum absolute atomic E-state index is 0.0328. The van der Waals surface area contributed by atoms with Crippen LogP contribution in [0.25, 0.3) is 22.4 Å². The molecule has 0 atom stereocenters. The van der Waals surface area contributed by atoms with E-state index in [0.717, 1.165) is 16.6 Å². The molecular weight excluding hydrogens is 383 g/mol. The first-order valence-corrected chi connectivity index (χ1v) is 7.62. The molecule has 0 saturated heterocycles. The Morgan fingerprint density at radius 2 is 1.75 bits per heavy atom. The van der Waals surface area contributed by atoms with E-state index in [1.54, 1.807) is 23.1 Å². The number of carbonyl (C=O) groups excluding carboxylic acids is 1. The fraction of sp³-hybridized carbons (Fsp3) is 0.188. The highest BCUT2D eigenvalue weighted by molar-refractivity contribution is 5.75. The highest BCUT2D eigenvalue weighted by atomic mass is 19.4. The van der Waals surface area contributed by atoms with Crippen molar-refractivity contribution in [1.29, 1.82) is 0 Å². The summed E-state index contributed by atoms with van der Waals surface area (Å²) in [6.45, 7) is 0.326. The molecule has 0 amide bonds. The minimum Gasteiger partial charge on any atom is -0.542 e. The molecule has 12 heteroatoms. The first-order chi connectivity index (χ1) is 13.2. The van der Waals surface area contributed by atoms with Crippen LogP contribution in [0, 0.1) is 0 Å². The third kappa shape index (κ3) is 5.93. The van der Waals surface area contributed by atoms with Crippen LogP contribution < -0.4 is 9.79 Å². The van der Waals surface area contributed by atoms with Gasteiger partial charge >= 0.3 is 12.1 Å². The number of fused-ring (bicyclic) bond motifs is 1. The summed E-state index contributed by atoms with van der Waals surface area (Å²) in [6, 6.07) is 9.29. The van der Waals surface area contributed by atoms with Gasteiger partial charge in [0.1, 0.15) is 24.1 Å². The van der Waals surface area contributed by atoms with Gasteiger partial charge in [-0.05, 0) is 17.2 Å². The van der Waals surface area contributed by atoms with Gasteiger partial charge in [0.25, 0.3) is 0 Å². The van der Waals surface area contributed by atoms with Gasteiger partial charge in [-0.15, -0.1) is 10.2 Å². The SMILES string of the molecule is O=C(O)CC[n+]1ccc(-c2nnc3ccccc3n2)cn1.O=C([O-])C(F)(F)F. The lowest BCUT2D eigenvalue weighted by atomic mass is 10.2. The predicted molar refractivity (Wildman–Crippen MR) is 84.1 cm³/mol. The quantitative estimate of drug-likeness (QED) is 0.617. The van der Waals surface area contributed by atoms with Crippen LogP contribution >= 0.6 is 0 Å². The molecule has 3 aromatic rings. The van der Waals surface area contributed by atoms with Crippen molar-refractivity contribution in [3.8, 4) is 11.4 Å². The van der Waals surface area contributed by atoms with Gasteiger partial charge in [0.05, 0.1) is 11.1 Å². The zero-order chi connectivity index (χ0) is 20.7. The lowest BCUT2D eigenvalue weighted by Gasteiger charge is -2.03. The Hall–Kier alpha value is -3.70. The highest BCUT2D eigenvalue weighted by Gasteiger charge is 2.28. The van der Waals surface area contributed by atoms with E-state index in [4.69, 9.17) is 15.0 Å². The molecule has 2 heterocycles. The Bertz CT molecular complexity index is 980. The molecule has 0 aliphatic heterocycles. The largest absolute Gasteiger partial charge is 0.542 e. The number of carboxylic acids is 2. The molecule has 0 aliphatic rings. The molecule has 1 aromatic carbocycles. The lowest BCUT2D eigenvalue weighted by Crippen LogP contribution is -2.38. The molecule has 0 aliphatic carbocycles. The van der Waals surface area contributed by atoms with E-state index < -0.39 is 18.1 Å². The number of aliphatic carboxylic acids is 2. The van der Waals surface area contributed by atoms with Crippen molar-refractivity contribution in [3.63, 3.8) is 0 Å². The number of benzene rings is 1. The average molecular weight is 395 g/mol. The summed E-state index contributed by atoms with van der Waals surface area (Å²) in [6.07, 6.45) is -1.85. The van der Waals surface area contributed by atoms with E-state index in [1.807, 2.05) is 24.3 Å². The predicted octanol–water partition coefficient (Wildman–Crippen LogP) is 0.148. The van der Waals surface area contributed by atoms with Gasteiger partial charge in [0, 0.05) is 6.07 Å². The Kier molecular flexibility index (Phi) is 6.47. The van der Waals surface area contributed by atoms with Crippen LogP contribution in [0.15, 0.2) is 42.7 Å². The zero-order valence-electron chi connectivity index (χ0n) is 14.0. The summed E-state index contributed by atoms with van der Waals surface area (Å²) in [4.78, 5) is 23.7. The van der Waals surface area contributed by atoms with E-state index in [9.17, 15) is 18.0 Å². The van der Waals surface area contributed by atoms with Gasteiger partial charge in [-0.3, -0.25) is 4.79 Å². The highest BCUT2D eigenvalue weighted by Crippen LogP contribution is 2.14. The second kappa shape index (κ2) is 8.79. The minimum atomic E-state index is -5.19. The van der Waals surface area contributed by atoms with Crippen LogP contribution in [0.2, 0.25) is 0 Å². The molecule has 0 radical (unpaired) electrons. The lowest BCUT2D eigenvalue weighted by molar-refractivity contribution is -0.752. The van der Waals surface area contributed by atoms with E-state index in [1.165, 1.54) is 0 Å². The summed E-state index contributed by atoms with van der Waals surface area (Å²) in [5.41, 5.74) is 2.24. The van der Waals surface area contributed by atoms with Crippen molar-refractivity contribution in [2.75, 3.05) is 0 Å². The van der Waals surface area contributed by atoms with Crippen molar-refractivity contribution < 1.29 is 37.7 Å². The van der Waals surface area contributed by atoms with Gasteiger partial charge in [-0.1, -0.05) is 16.8 Å². The third-order valence-electron chi connectivity index (χ3n) is 3.18. The number of para-hydroxylation sites is 1. The molecule has 0 fully saturated rings. The molecule has 28 heavy (non-hydrogen) atoms. The summed E-state index contributed by atoms with van der Waals surface area (Å²) in [5.74, 6) is -3.37. The fourth-order valence-electron chi connectivity index (χ4n) is 1.86. The topological polar surface area (TPSA) is 133 Å². The van der Waals surface area contributed by atoms with E-state index in [0.29, 0.717) is 12.4 Å². The number of halogens is 3. The van der Waals surface area contributed by atoms with Gasteiger partial charge in [-0.25, -0.2) is 4.98 Å². The van der Waals surface area contributed by atoms with E-state index >= 15 is 0 Å². The first-order valence-electron chi connectivity index (χ1n) is 7.62. The maximum absolute atomic E-state index is 10.5. The van der Waals surface area contributed by atoms with E-state index in [2.05, 4.69) is 20.3 Å². The Balaban J connectivity index is 0.000000345. The van der Waals surface area contributed by atoms with Crippen LogP contribution in [-0.2, 0) is 16.1 Å². The fourth-order valence-corrected chi connectivity index (χ4v) is 1.86. The molecular formula is C16H12F3N5O4. The van der Waals surface area contributed by atoms with Crippen LogP contribution in [0.5, 0.6) is 0 Å². The number of carboxylic acid groups (broad SMARTS) is 2. The van der Waals surface area contributed by atoms with Crippen LogP contribution in [0.1, 0.15) is 6.42 Å². The molecule has 1 N–H and O–H groups in total. The van der Waals surface area contributed by atoms with Crippen LogP contribution in [0.3, 0.4) is 0 Å². The molecule has 146 valence electrons. The second-order valence-electron chi connectivity index (χ2n) is 5.23. The molecule has 0 saturated carbocycles. The monoisotopic (exact) mass is 395 g/mol. The zero-order valence-corrected chi connectivity index (χ0v) is 14.0. The number of carbonyl (C=O) groups is 2. The van der Waals surface area contributed by atoms with Gasteiger partial charge in [-0.2, -0.15) is 13.2 Å². The summed E-state index contributed by atoms with van der Waals surface area (Å²) < 4.78 is 33.1. The van der Waals surface area contributed by atoms with Crippen molar-refractivity contribution in [2.45, 2.75) is 19.1 Å². The summed E-state index contributed by atoms with van der Waals surface area (Å²) in [5, 5.41) is 29.8. The molecule has 0 spiro atoms. The molecule has 0 unspecified atom stereocenters. The van der Waals surface area contributed by atoms with Crippen molar-refractivity contribution in [2.24, 2.45) is 0 Å². The molecule has 0 bridgehead atoms. The standard InChI is InChI=1S/C14H11N5O2.C2HF3O2/c20-13(21)6-8-19-7-5-10(9-15-19)14-16-11-3-1-2-4-12(11)17-18-14;3-2(4,5)1(6)7/h1-5,7,9H,6,8H2;(H,6,7). The number of aryl methyl sites for hydroxylation is 1. The molecule has 9 nitrogen and oxygen atoms in total. The average Bonchev–Trinajstić information content (AvgIpc) is 2.66. The van der Waals surface area contributed by atoms with Crippen molar-refractivity contribution in [3.05, 3.63) is 42.7 Å². The first kappa shape index (κ1) is 20.6. The van der Waals surface area contributed by atoms with Crippen molar-refractivity contribution >= 4 is 23.0 Å². The smallest absolute Gasteiger partial charge is 0.430 e. The van der Waals surface area contributed by atoms with Gasteiger partial charge in [0.2, 0.25) is 0 Å².